The van der Waals surface area contributed by atoms with Gasteiger partial charge in [0.05, 0.1) is 28.9 Å². The van der Waals surface area contributed by atoms with Crippen molar-refractivity contribution < 1.29 is 19.0 Å². The maximum atomic E-state index is 14.5. The Morgan fingerprint density at radius 1 is 1.14 bits per heavy atom. The number of carbonyl (C=O) groups is 1. The predicted octanol–water partition coefficient (Wildman–Crippen LogP) is 6.96. The van der Waals surface area contributed by atoms with E-state index in [9.17, 15) is 14.3 Å². The maximum Gasteiger partial charge on any atom is 0.335 e. The van der Waals surface area contributed by atoms with Crippen LogP contribution in [0.4, 0.5) is 9.52 Å². The Kier molecular flexibility index (Phi) is 7.36. The zero-order chi connectivity index (χ0) is 25.1. The van der Waals surface area contributed by atoms with Crippen LogP contribution in [0.2, 0.25) is 0 Å². The summed E-state index contributed by atoms with van der Waals surface area (Å²) < 4.78 is 20.5. The Morgan fingerprint density at radius 3 is 2.51 bits per heavy atom. The Labute approximate surface area is 208 Å². The van der Waals surface area contributed by atoms with E-state index in [1.165, 1.54) is 23.0 Å². The first kappa shape index (κ1) is 24.7. The molecule has 3 aromatic carbocycles. The van der Waals surface area contributed by atoms with Gasteiger partial charge < -0.3 is 14.7 Å². The largest absolute Gasteiger partial charge is 0.496 e. The van der Waals surface area contributed by atoms with E-state index in [-0.39, 0.29) is 17.4 Å². The van der Waals surface area contributed by atoms with Crippen LogP contribution in [0.15, 0.2) is 54.6 Å². The molecule has 0 amide bonds. The third-order valence-corrected chi connectivity index (χ3v) is 7.50. The highest BCUT2D eigenvalue weighted by Crippen LogP contribution is 2.37. The van der Waals surface area contributed by atoms with E-state index in [2.05, 4.69) is 30.9 Å². The molecule has 0 spiro atoms. The van der Waals surface area contributed by atoms with Gasteiger partial charge in [-0.25, -0.2) is 14.2 Å². The zero-order valence-corrected chi connectivity index (χ0v) is 21.2. The lowest BCUT2D eigenvalue weighted by molar-refractivity contribution is 0.0697. The van der Waals surface area contributed by atoms with Crippen molar-refractivity contribution in [2.24, 2.45) is 0 Å². The number of hydrogen-bond acceptors (Lipinski definition) is 5. The molecule has 1 aromatic heterocycles. The second-order valence-corrected chi connectivity index (χ2v) is 9.60. The number of anilines is 1. The molecular weight excluding hydrogens is 463 g/mol. The molecule has 4 aromatic rings. The van der Waals surface area contributed by atoms with Gasteiger partial charge >= 0.3 is 5.97 Å². The molecule has 182 valence electrons. The molecule has 35 heavy (non-hydrogen) atoms. The Morgan fingerprint density at radius 2 is 1.89 bits per heavy atom. The van der Waals surface area contributed by atoms with Crippen LogP contribution < -0.4 is 9.64 Å². The molecule has 1 heterocycles. The number of thiazole rings is 1. The van der Waals surface area contributed by atoms with Gasteiger partial charge in [0.15, 0.2) is 5.13 Å². The van der Waals surface area contributed by atoms with Crippen molar-refractivity contribution in [2.75, 3.05) is 18.6 Å². The lowest BCUT2D eigenvalue weighted by atomic mass is 9.99. The van der Waals surface area contributed by atoms with Gasteiger partial charge in [0.1, 0.15) is 11.6 Å². The van der Waals surface area contributed by atoms with Gasteiger partial charge in [-0.15, -0.1) is 0 Å². The number of fused-ring (bicyclic) bond motifs is 1. The minimum atomic E-state index is -0.951. The van der Waals surface area contributed by atoms with Crippen molar-refractivity contribution in [1.82, 2.24) is 4.98 Å². The SMILES string of the molecule is CCC(c1ccc(C(=O)O)cc1)N(CCc1cc(C)c(OC)cc1C)c1nc2cccc(F)c2s1. The molecule has 0 radical (unpaired) electrons. The van der Waals surface area contributed by atoms with E-state index in [1.807, 2.05) is 25.1 Å². The van der Waals surface area contributed by atoms with Crippen LogP contribution in [-0.2, 0) is 6.42 Å². The maximum absolute atomic E-state index is 14.5. The Hall–Kier alpha value is -3.45. The van der Waals surface area contributed by atoms with Gasteiger partial charge in [-0.2, -0.15) is 0 Å². The van der Waals surface area contributed by atoms with Gasteiger partial charge in [-0.3, -0.25) is 0 Å². The molecule has 7 heteroatoms. The minimum Gasteiger partial charge on any atom is -0.496 e. The summed E-state index contributed by atoms with van der Waals surface area (Å²) in [5.74, 6) is -0.352. The van der Waals surface area contributed by atoms with Crippen LogP contribution in [0.1, 0.15) is 52.0 Å². The predicted molar refractivity (Wildman–Crippen MR) is 140 cm³/mol. The summed E-state index contributed by atoms with van der Waals surface area (Å²) in [6.45, 7) is 6.89. The third kappa shape index (κ3) is 5.15. The van der Waals surface area contributed by atoms with Crippen molar-refractivity contribution >= 4 is 32.7 Å². The van der Waals surface area contributed by atoms with Crippen molar-refractivity contribution in [3.63, 3.8) is 0 Å². The summed E-state index contributed by atoms with van der Waals surface area (Å²) in [7, 11) is 1.68. The number of methoxy groups -OCH3 is 1. The molecule has 1 unspecified atom stereocenters. The van der Waals surface area contributed by atoms with Crippen LogP contribution >= 0.6 is 11.3 Å². The van der Waals surface area contributed by atoms with Gasteiger partial charge in [0.25, 0.3) is 0 Å². The normalized spacial score (nSPS) is 12.0. The van der Waals surface area contributed by atoms with Crippen molar-refractivity contribution in [3.8, 4) is 5.75 Å². The van der Waals surface area contributed by atoms with E-state index in [0.717, 1.165) is 40.4 Å². The fourth-order valence-corrected chi connectivity index (χ4v) is 5.52. The van der Waals surface area contributed by atoms with E-state index < -0.39 is 5.97 Å². The highest BCUT2D eigenvalue weighted by molar-refractivity contribution is 7.22. The molecule has 0 fully saturated rings. The highest BCUT2D eigenvalue weighted by Gasteiger charge is 2.24. The molecule has 4 rings (SSSR count). The van der Waals surface area contributed by atoms with Crippen LogP contribution in [-0.4, -0.2) is 29.7 Å². The highest BCUT2D eigenvalue weighted by atomic mass is 32.1. The van der Waals surface area contributed by atoms with E-state index >= 15 is 0 Å². The van der Waals surface area contributed by atoms with Crippen LogP contribution in [0.25, 0.3) is 10.2 Å². The number of aromatic carboxylic acids is 1. The van der Waals surface area contributed by atoms with Crippen LogP contribution in [0, 0.1) is 19.7 Å². The first-order valence-corrected chi connectivity index (χ1v) is 12.4. The summed E-state index contributed by atoms with van der Waals surface area (Å²) in [5, 5.41) is 10.1. The Balaban J connectivity index is 1.73. The lowest BCUT2D eigenvalue weighted by Gasteiger charge is -2.32. The first-order chi connectivity index (χ1) is 16.8. The average molecular weight is 493 g/mol. The zero-order valence-electron chi connectivity index (χ0n) is 20.3. The summed E-state index contributed by atoms with van der Waals surface area (Å²) >= 11 is 1.35. The standard InChI is InChI=1S/C28H29FN2O3S/c1-5-24(19-9-11-20(12-10-19)27(32)33)31(28-30-23-8-6-7-22(29)26(23)35-28)14-13-21-15-18(3)25(34-4)16-17(21)2/h6-12,15-16,24H,5,13-14H2,1-4H3,(H,32,33). The summed E-state index contributed by atoms with van der Waals surface area (Å²) in [5.41, 5.74) is 5.35. The number of benzene rings is 3. The third-order valence-electron chi connectivity index (χ3n) is 6.38. The summed E-state index contributed by atoms with van der Waals surface area (Å²) in [6, 6.07) is 16.1. The molecule has 0 bridgehead atoms. The Bertz CT molecular complexity index is 1350. The van der Waals surface area contributed by atoms with Crippen LogP contribution in [0.5, 0.6) is 5.75 Å². The van der Waals surface area contributed by atoms with Gasteiger partial charge in [-0.05, 0) is 79.3 Å². The molecule has 0 aliphatic heterocycles. The van der Waals surface area contributed by atoms with Gasteiger partial charge in [0.2, 0.25) is 0 Å². The molecule has 0 aliphatic rings. The number of nitrogens with zero attached hydrogens (tertiary/aromatic N) is 2. The molecule has 1 atom stereocenters. The topological polar surface area (TPSA) is 62.7 Å². The lowest BCUT2D eigenvalue weighted by Crippen LogP contribution is -2.30. The number of ether oxygens (including phenoxy) is 1. The number of aromatic nitrogens is 1. The number of rotatable bonds is 9. The fourth-order valence-electron chi connectivity index (χ4n) is 4.47. The van der Waals surface area contributed by atoms with Crippen molar-refractivity contribution in [2.45, 2.75) is 39.7 Å². The second kappa shape index (κ2) is 10.4. The fraction of sp³-hybridized carbons (Fsp3) is 0.286. The number of carboxylic acid groups (broad SMARTS) is 1. The van der Waals surface area contributed by atoms with Crippen LogP contribution in [0.3, 0.4) is 0 Å². The number of hydrogen-bond donors (Lipinski definition) is 1. The monoisotopic (exact) mass is 492 g/mol. The number of halogens is 1. The number of carboxylic acids is 1. The van der Waals surface area contributed by atoms with E-state index in [1.54, 1.807) is 25.3 Å². The smallest absolute Gasteiger partial charge is 0.335 e. The van der Waals surface area contributed by atoms with Gasteiger partial charge in [-0.1, -0.05) is 42.5 Å². The van der Waals surface area contributed by atoms with Gasteiger partial charge in [0, 0.05) is 6.54 Å². The minimum absolute atomic E-state index is 0.0406. The molecule has 0 aliphatic carbocycles. The molecular formula is C28H29FN2O3S. The van der Waals surface area contributed by atoms with Crippen molar-refractivity contribution in [1.29, 1.82) is 0 Å². The molecule has 5 nitrogen and oxygen atoms in total. The average Bonchev–Trinajstić information content (AvgIpc) is 3.29. The first-order valence-electron chi connectivity index (χ1n) is 11.6. The molecule has 0 saturated carbocycles. The molecule has 1 N–H and O–H groups in total. The molecule has 0 saturated heterocycles. The second-order valence-electron chi connectivity index (χ2n) is 8.63. The summed E-state index contributed by atoms with van der Waals surface area (Å²) in [4.78, 5) is 18.3. The van der Waals surface area contributed by atoms with E-state index in [0.29, 0.717) is 16.8 Å². The summed E-state index contributed by atoms with van der Waals surface area (Å²) in [6.07, 6.45) is 1.56. The van der Waals surface area contributed by atoms with Crippen molar-refractivity contribution in [3.05, 3.63) is 88.2 Å². The number of aryl methyl sites for hydroxylation is 2. The quantitative estimate of drug-likeness (QED) is 0.274. The van der Waals surface area contributed by atoms with E-state index in [4.69, 9.17) is 9.72 Å².